The first kappa shape index (κ1) is 15.4. The standard InChI is InChI=1S/C19H22N2O2/c1-13-5-4-6-17(14(13)2)20-18(22)21-19(11-12-19)15-7-9-16(23-3)10-8-15/h4-10H,11-12H2,1-3H3,(H2,20,21,22). The molecule has 0 aliphatic heterocycles. The van der Waals surface area contributed by atoms with Crippen LogP contribution in [0.1, 0.15) is 29.5 Å². The molecule has 0 spiro atoms. The van der Waals surface area contributed by atoms with Crippen molar-refractivity contribution in [2.45, 2.75) is 32.2 Å². The number of methoxy groups -OCH3 is 1. The predicted octanol–water partition coefficient (Wildman–Crippen LogP) is 4.12. The highest BCUT2D eigenvalue weighted by Crippen LogP contribution is 2.45. The number of carbonyl (C=O) groups is 1. The number of ether oxygens (including phenoxy) is 1. The Labute approximate surface area is 136 Å². The van der Waals surface area contributed by atoms with Gasteiger partial charge in [-0.25, -0.2) is 4.79 Å². The Hall–Kier alpha value is -2.49. The molecule has 4 nitrogen and oxygen atoms in total. The van der Waals surface area contributed by atoms with Crippen LogP contribution in [0.2, 0.25) is 0 Å². The lowest BCUT2D eigenvalue weighted by molar-refractivity contribution is 0.247. The van der Waals surface area contributed by atoms with Crippen molar-refractivity contribution < 1.29 is 9.53 Å². The van der Waals surface area contributed by atoms with Gasteiger partial charge in [0.15, 0.2) is 0 Å². The first-order valence-corrected chi connectivity index (χ1v) is 7.84. The average molecular weight is 310 g/mol. The number of urea groups is 1. The second-order valence-corrected chi connectivity index (χ2v) is 6.14. The third-order valence-electron chi connectivity index (χ3n) is 4.60. The molecule has 2 N–H and O–H groups in total. The van der Waals surface area contributed by atoms with Gasteiger partial charge in [0, 0.05) is 5.69 Å². The molecule has 0 atom stereocenters. The van der Waals surface area contributed by atoms with Crippen LogP contribution in [-0.2, 0) is 5.54 Å². The zero-order valence-corrected chi connectivity index (χ0v) is 13.8. The number of nitrogens with one attached hydrogen (secondary N) is 2. The van der Waals surface area contributed by atoms with Crippen molar-refractivity contribution in [2.75, 3.05) is 12.4 Å². The topological polar surface area (TPSA) is 50.4 Å². The van der Waals surface area contributed by atoms with Crippen molar-refractivity contribution in [1.29, 1.82) is 0 Å². The maximum Gasteiger partial charge on any atom is 0.319 e. The van der Waals surface area contributed by atoms with Gasteiger partial charge in [-0.15, -0.1) is 0 Å². The van der Waals surface area contributed by atoms with E-state index in [-0.39, 0.29) is 11.6 Å². The van der Waals surface area contributed by atoms with E-state index >= 15 is 0 Å². The van der Waals surface area contributed by atoms with E-state index in [0.29, 0.717) is 0 Å². The van der Waals surface area contributed by atoms with Gasteiger partial charge in [0.25, 0.3) is 0 Å². The summed E-state index contributed by atoms with van der Waals surface area (Å²) >= 11 is 0. The number of hydrogen-bond donors (Lipinski definition) is 2. The molecule has 0 unspecified atom stereocenters. The fourth-order valence-electron chi connectivity index (χ4n) is 2.78. The van der Waals surface area contributed by atoms with Crippen molar-refractivity contribution in [2.24, 2.45) is 0 Å². The SMILES string of the molecule is COc1ccc(C2(NC(=O)Nc3cccc(C)c3C)CC2)cc1. The second kappa shape index (κ2) is 5.95. The van der Waals surface area contributed by atoms with Crippen LogP contribution >= 0.6 is 0 Å². The smallest absolute Gasteiger partial charge is 0.319 e. The minimum Gasteiger partial charge on any atom is -0.497 e. The van der Waals surface area contributed by atoms with Crippen molar-refractivity contribution in [1.82, 2.24) is 5.32 Å². The second-order valence-electron chi connectivity index (χ2n) is 6.14. The molecule has 1 saturated carbocycles. The average Bonchev–Trinajstić information content (AvgIpc) is 3.32. The Morgan fingerprint density at radius 3 is 2.39 bits per heavy atom. The van der Waals surface area contributed by atoms with Crippen LogP contribution in [0.15, 0.2) is 42.5 Å². The maximum atomic E-state index is 12.4. The Kier molecular flexibility index (Phi) is 3.99. The molecular formula is C19H22N2O2. The third kappa shape index (κ3) is 3.16. The minimum absolute atomic E-state index is 0.160. The fraction of sp³-hybridized carbons (Fsp3) is 0.316. The number of carbonyl (C=O) groups excluding carboxylic acids is 1. The highest BCUT2D eigenvalue weighted by atomic mass is 16.5. The molecule has 0 radical (unpaired) electrons. The first-order valence-electron chi connectivity index (χ1n) is 7.84. The molecule has 1 aliphatic carbocycles. The van der Waals surface area contributed by atoms with E-state index in [1.165, 1.54) is 5.56 Å². The van der Waals surface area contributed by atoms with Gasteiger partial charge in [0.05, 0.1) is 12.6 Å². The summed E-state index contributed by atoms with van der Waals surface area (Å²) in [4.78, 5) is 12.4. The van der Waals surface area contributed by atoms with Gasteiger partial charge in [-0.2, -0.15) is 0 Å². The quantitative estimate of drug-likeness (QED) is 0.892. The maximum absolute atomic E-state index is 12.4. The van der Waals surface area contributed by atoms with E-state index in [1.807, 2.05) is 56.3 Å². The van der Waals surface area contributed by atoms with Gasteiger partial charge >= 0.3 is 6.03 Å². The molecule has 4 heteroatoms. The Balaban J connectivity index is 1.70. The van der Waals surface area contributed by atoms with Crippen LogP contribution < -0.4 is 15.4 Å². The number of anilines is 1. The van der Waals surface area contributed by atoms with E-state index < -0.39 is 0 Å². The first-order chi connectivity index (χ1) is 11.0. The normalized spacial score (nSPS) is 14.9. The molecule has 0 bridgehead atoms. The van der Waals surface area contributed by atoms with Gasteiger partial charge < -0.3 is 15.4 Å². The molecule has 120 valence electrons. The molecule has 2 aromatic rings. The van der Waals surface area contributed by atoms with Crippen LogP contribution in [0.5, 0.6) is 5.75 Å². The molecule has 0 heterocycles. The molecule has 0 aromatic heterocycles. The predicted molar refractivity (Wildman–Crippen MR) is 92.0 cm³/mol. The Bertz CT molecular complexity index is 719. The highest BCUT2D eigenvalue weighted by molar-refractivity contribution is 5.91. The van der Waals surface area contributed by atoms with Crippen molar-refractivity contribution in [3.8, 4) is 5.75 Å². The molecule has 1 fully saturated rings. The van der Waals surface area contributed by atoms with Gasteiger partial charge in [0.2, 0.25) is 0 Å². The lowest BCUT2D eigenvalue weighted by Gasteiger charge is -2.19. The molecule has 23 heavy (non-hydrogen) atoms. The molecule has 0 saturated heterocycles. The van der Waals surface area contributed by atoms with E-state index in [2.05, 4.69) is 10.6 Å². The molecule has 2 amide bonds. The van der Waals surface area contributed by atoms with Crippen LogP contribution in [0, 0.1) is 13.8 Å². The van der Waals surface area contributed by atoms with Crippen molar-refractivity contribution in [3.05, 3.63) is 59.2 Å². The fourth-order valence-corrected chi connectivity index (χ4v) is 2.78. The number of benzene rings is 2. The van der Waals surface area contributed by atoms with Crippen LogP contribution in [-0.4, -0.2) is 13.1 Å². The summed E-state index contributed by atoms with van der Waals surface area (Å²) in [5, 5.41) is 6.09. The van der Waals surface area contributed by atoms with E-state index in [4.69, 9.17) is 4.74 Å². The zero-order valence-electron chi connectivity index (χ0n) is 13.8. The summed E-state index contributed by atoms with van der Waals surface area (Å²) in [7, 11) is 1.65. The monoisotopic (exact) mass is 310 g/mol. The van der Waals surface area contributed by atoms with Crippen molar-refractivity contribution in [3.63, 3.8) is 0 Å². The van der Waals surface area contributed by atoms with Gasteiger partial charge in [0.1, 0.15) is 5.75 Å². The summed E-state index contributed by atoms with van der Waals surface area (Å²) in [5.41, 5.74) is 3.99. The Morgan fingerprint density at radius 1 is 1.09 bits per heavy atom. The highest BCUT2D eigenvalue weighted by Gasteiger charge is 2.45. The molecule has 2 aromatic carbocycles. The van der Waals surface area contributed by atoms with Gasteiger partial charge in [-0.05, 0) is 61.6 Å². The lowest BCUT2D eigenvalue weighted by atomic mass is 10.0. The van der Waals surface area contributed by atoms with E-state index in [1.54, 1.807) is 7.11 Å². The Morgan fingerprint density at radius 2 is 1.78 bits per heavy atom. The largest absolute Gasteiger partial charge is 0.497 e. The van der Waals surface area contributed by atoms with Crippen LogP contribution in [0.25, 0.3) is 0 Å². The van der Waals surface area contributed by atoms with Crippen LogP contribution in [0.4, 0.5) is 10.5 Å². The summed E-state index contributed by atoms with van der Waals surface area (Å²) in [6.07, 6.45) is 1.92. The summed E-state index contributed by atoms with van der Waals surface area (Å²) in [6.45, 7) is 4.06. The lowest BCUT2D eigenvalue weighted by Crippen LogP contribution is -2.38. The van der Waals surface area contributed by atoms with Crippen molar-refractivity contribution >= 4 is 11.7 Å². The zero-order chi connectivity index (χ0) is 16.4. The van der Waals surface area contributed by atoms with E-state index in [9.17, 15) is 4.79 Å². The van der Waals surface area contributed by atoms with E-state index in [0.717, 1.165) is 35.4 Å². The summed E-state index contributed by atoms with van der Waals surface area (Å²) < 4.78 is 5.19. The molecule has 3 rings (SSSR count). The number of hydrogen-bond acceptors (Lipinski definition) is 2. The molecule has 1 aliphatic rings. The van der Waals surface area contributed by atoms with Gasteiger partial charge in [-0.3, -0.25) is 0 Å². The number of aryl methyl sites for hydroxylation is 1. The number of amides is 2. The third-order valence-corrected chi connectivity index (χ3v) is 4.60. The summed E-state index contributed by atoms with van der Waals surface area (Å²) in [6, 6.07) is 13.7. The molecular weight excluding hydrogens is 288 g/mol. The van der Waals surface area contributed by atoms with Crippen LogP contribution in [0.3, 0.4) is 0 Å². The van der Waals surface area contributed by atoms with Gasteiger partial charge in [-0.1, -0.05) is 24.3 Å². The minimum atomic E-state index is -0.242. The number of rotatable bonds is 4. The summed E-state index contributed by atoms with van der Waals surface area (Å²) in [5.74, 6) is 0.824.